The predicted octanol–water partition coefficient (Wildman–Crippen LogP) is 3.41. The predicted molar refractivity (Wildman–Crippen MR) is 90.7 cm³/mol. The lowest BCUT2D eigenvalue weighted by Gasteiger charge is -2.14. The summed E-state index contributed by atoms with van der Waals surface area (Å²) in [5, 5.41) is 6.66. The van der Waals surface area contributed by atoms with E-state index in [-0.39, 0.29) is 17.8 Å². The molecule has 0 aliphatic heterocycles. The standard InChI is InChI=1S/C14H17BrN4OS/c1-3-17-14-19-12(16)11(21-14)13(20)18-8(2)9-5-4-6-10(15)7-9/h4-8H,3,16H2,1-2H3,(H,17,19)(H,18,20). The molecule has 7 heteroatoms. The maximum absolute atomic E-state index is 12.3. The Morgan fingerprint density at radius 2 is 2.29 bits per heavy atom. The van der Waals surface area contributed by atoms with E-state index in [0.29, 0.717) is 10.0 Å². The zero-order valence-electron chi connectivity index (χ0n) is 11.8. The monoisotopic (exact) mass is 368 g/mol. The van der Waals surface area contributed by atoms with Crippen LogP contribution in [-0.4, -0.2) is 17.4 Å². The average molecular weight is 369 g/mol. The summed E-state index contributed by atoms with van der Waals surface area (Å²) in [6.07, 6.45) is 0. The number of rotatable bonds is 5. The molecular formula is C14H17BrN4OS. The lowest BCUT2D eigenvalue weighted by atomic mass is 10.1. The number of anilines is 2. The fraction of sp³-hybridized carbons (Fsp3) is 0.286. The average Bonchev–Trinajstić information content (AvgIpc) is 2.80. The summed E-state index contributed by atoms with van der Waals surface area (Å²) in [7, 11) is 0. The van der Waals surface area contributed by atoms with Gasteiger partial charge in [0.2, 0.25) is 0 Å². The molecule has 0 fully saturated rings. The van der Waals surface area contributed by atoms with Gasteiger partial charge in [0.1, 0.15) is 10.7 Å². The van der Waals surface area contributed by atoms with Gasteiger partial charge in [-0.25, -0.2) is 4.98 Å². The van der Waals surface area contributed by atoms with Gasteiger partial charge in [-0.2, -0.15) is 0 Å². The molecule has 0 aliphatic carbocycles. The molecule has 1 heterocycles. The van der Waals surface area contributed by atoms with E-state index in [1.54, 1.807) is 0 Å². The van der Waals surface area contributed by atoms with Crippen molar-refractivity contribution in [3.63, 3.8) is 0 Å². The quantitative estimate of drug-likeness (QED) is 0.755. The molecule has 0 radical (unpaired) electrons. The highest BCUT2D eigenvalue weighted by Gasteiger charge is 2.18. The summed E-state index contributed by atoms with van der Waals surface area (Å²) in [5.41, 5.74) is 6.82. The van der Waals surface area contributed by atoms with Gasteiger partial charge in [-0.05, 0) is 31.5 Å². The van der Waals surface area contributed by atoms with Crippen molar-refractivity contribution in [3.05, 3.63) is 39.2 Å². The summed E-state index contributed by atoms with van der Waals surface area (Å²) in [6.45, 7) is 4.64. The molecule has 112 valence electrons. The van der Waals surface area contributed by atoms with Crippen molar-refractivity contribution >= 4 is 44.1 Å². The normalized spacial score (nSPS) is 12.0. The molecule has 1 aromatic heterocycles. The van der Waals surface area contributed by atoms with Gasteiger partial charge >= 0.3 is 0 Å². The van der Waals surface area contributed by atoms with Crippen LogP contribution in [0.5, 0.6) is 0 Å². The van der Waals surface area contributed by atoms with E-state index in [1.807, 2.05) is 38.1 Å². The van der Waals surface area contributed by atoms with Crippen LogP contribution in [0.4, 0.5) is 10.9 Å². The van der Waals surface area contributed by atoms with Crippen LogP contribution in [0.2, 0.25) is 0 Å². The van der Waals surface area contributed by atoms with E-state index in [2.05, 4.69) is 31.5 Å². The van der Waals surface area contributed by atoms with Gasteiger partial charge in [-0.15, -0.1) is 0 Å². The first-order valence-electron chi connectivity index (χ1n) is 6.57. The molecule has 1 amide bonds. The number of hydrogen-bond acceptors (Lipinski definition) is 5. The third-order valence-corrected chi connectivity index (χ3v) is 4.40. The number of nitrogens with two attached hydrogens (primary N) is 1. The van der Waals surface area contributed by atoms with Crippen molar-refractivity contribution in [2.45, 2.75) is 19.9 Å². The van der Waals surface area contributed by atoms with E-state index in [9.17, 15) is 4.79 Å². The number of benzene rings is 1. The highest BCUT2D eigenvalue weighted by atomic mass is 79.9. The molecule has 0 spiro atoms. The molecule has 0 bridgehead atoms. The summed E-state index contributed by atoms with van der Waals surface area (Å²) in [4.78, 5) is 16.9. The summed E-state index contributed by atoms with van der Waals surface area (Å²) < 4.78 is 0.979. The fourth-order valence-electron chi connectivity index (χ4n) is 1.84. The minimum absolute atomic E-state index is 0.112. The Labute approximate surface area is 136 Å². The first kappa shape index (κ1) is 15.8. The third kappa shape index (κ3) is 3.95. The second-order valence-corrected chi connectivity index (χ2v) is 6.43. The number of nitrogens with zero attached hydrogens (tertiary/aromatic N) is 1. The largest absolute Gasteiger partial charge is 0.382 e. The maximum Gasteiger partial charge on any atom is 0.265 e. The second-order valence-electron chi connectivity index (χ2n) is 4.51. The molecule has 0 saturated heterocycles. The maximum atomic E-state index is 12.3. The second kappa shape index (κ2) is 6.91. The number of thiazole rings is 1. The van der Waals surface area contributed by atoms with Crippen LogP contribution in [0.15, 0.2) is 28.7 Å². The molecule has 1 aromatic carbocycles. The molecule has 4 N–H and O–H groups in total. The number of halogens is 1. The van der Waals surface area contributed by atoms with Crippen LogP contribution in [0.25, 0.3) is 0 Å². The molecule has 1 atom stereocenters. The Hall–Kier alpha value is -1.60. The van der Waals surface area contributed by atoms with Crippen LogP contribution in [0.3, 0.4) is 0 Å². The van der Waals surface area contributed by atoms with Gasteiger partial charge in [-0.1, -0.05) is 39.4 Å². The van der Waals surface area contributed by atoms with Gasteiger partial charge in [0.15, 0.2) is 5.13 Å². The zero-order chi connectivity index (χ0) is 15.4. The Balaban J connectivity index is 2.10. The SMILES string of the molecule is CCNc1nc(N)c(C(=O)NC(C)c2cccc(Br)c2)s1. The first-order chi connectivity index (χ1) is 10.0. The number of amides is 1. The van der Waals surface area contributed by atoms with Gasteiger partial charge in [0, 0.05) is 11.0 Å². The summed E-state index contributed by atoms with van der Waals surface area (Å²) in [6, 6.07) is 7.72. The minimum atomic E-state index is -0.207. The highest BCUT2D eigenvalue weighted by molar-refractivity contribution is 9.10. The third-order valence-electron chi connectivity index (χ3n) is 2.88. The van der Waals surface area contributed by atoms with Crippen LogP contribution in [0.1, 0.15) is 35.1 Å². The molecule has 2 aromatic rings. The number of hydrogen-bond donors (Lipinski definition) is 3. The minimum Gasteiger partial charge on any atom is -0.382 e. The Kier molecular flexibility index (Phi) is 5.19. The van der Waals surface area contributed by atoms with Gasteiger partial charge < -0.3 is 16.4 Å². The Morgan fingerprint density at radius 1 is 1.52 bits per heavy atom. The van der Waals surface area contributed by atoms with Crippen molar-refractivity contribution in [1.29, 1.82) is 0 Å². The number of nitrogens with one attached hydrogen (secondary N) is 2. The van der Waals surface area contributed by atoms with Crippen LogP contribution in [-0.2, 0) is 0 Å². The fourth-order valence-corrected chi connectivity index (χ4v) is 3.12. The van der Waals surface area contributed by atoms with E-state index < -0.39 is 0 Å². The van der Waals surface area contributed by atoms with Crippen LogP contribution in [0, 0.1) is 0 Å². The lowest BCUT2D eigenvalue weighted by Crippen LogP contribution is -2.26. The van der Waals surface area contributed by atoms with Crippen molar-refractivity contribution in [2.24, 2.45) is 0 Å². The number of aromatic nitrogens is 1. The van der Waals surface area contributed by atoms with Crippen molar-refractivity contribution in [3.8, 4) is 0 Å². The molecule has 1 unspecified atom stereocenters. The Morgan fingerprint density at radius 3 is 2.95 bits per heavy atom. The molecule has 21 heavy (non-hydrogen) atoms. The van der Waals surface area contributed by atoms with Gasteiger partial charge in [0.25, 0.3) is 5.91 Å². The highest BCUT2D eigenvalue weighted by Crippen LogP contribution is 2.26. The van der Waals surface area contributed by atoms with E-state index in [0.717, 1.165) is 16.6 Å². The molecule has 2 rings (SSSR count). The summed E-state index contributed by atoms with van der Waals surface area (Å²) in [5.74, 6) is 0.0523. The van der Waals surface area contributed by atoms with Crippen LogP contribution >= 0.6 is 27.3 Å². The van der Waals surface area contributed by atoms with E-state index in [4.69, 9.17) is 5.73 Å². The number of carbonyl (C=O) groups excluding carboxylic acids is 1. The first-order valence-corrected chi connectivity index (χ1v) is 8.18. The number of nitrogen functional groups attached to an aromatic ring is 1. The summed E-state index contributed by atoms with van der Waals surface area (Å²) >= 11 is 4.69. The van der Waals surface area contributed by atoms with Crippen molar-refractivity contribution < 1.29 is 4.79 Å². The smallest absolute Gasteiger partial charge is 0.265 e. The van der Waals surface area contributed by atoms with Gasteiger partial charge in [0.05, 0.1) is 6.04 Å². The topological polar surface area (TPSA) is 80.0 Å². The molecular weight excluding hydrogens is 352 g/mol. The van der Waals surface area contributed by atoms with Crippen molar-refractivity contribution in [1.82, 2.24) is 10.3 Å². The number of carbonyl (C=O) groups is 1. The van der Waals surface area contributed by atoms with E-state index in [1.165, 1.54) is 11.3 Å². The zero-order valence-corrected chi connectivity index (χ0v) is 14.2. The van der Waals surface area contributed by atoms with Crippen LogP contribution < -0.4 is 16.4 Å². The molecule has 5 nitrogen and oxygen atoms in total. The molecule has 0 saturated carbocycles. The Bertz CT molecular complexity index is 644. The van der Waals surface area contributed by atoms with Crippen molar-refractivity contribution in [2.75, 3.05) is 17.6 Å². The molecule has 0 aliphatic rings. The lowest BCUT2D eigenvalue weighted by molar-refractivity contribution is 0.0944. The van der Waals surface area contributed by atoms with E-state index >= 15 is 0 Å². The van der Waals surface area contributed by atoms with Gasteiger partial charge in [-0.3, -0.25) is 4.79 Å².